The minimum absolute atomic E-state index is 0.0258. The minimum atomic E-state index is -1.79. The maximum Gasteiger partial charge on any atom is 0.151 e. The molecule has 0 amide bonds. The Labute approximate surface area is 99.3 Å². The van der Waals surface area contributed by atoms with Crippen LogP contribution in [0.15, 0.2) is 0 Å². The number of carbonyl (C=O) groups excluding carboxylic acids is 1. The lowest BCUT2D eigenvalue weighted by Gasteiger charge is -2.22. The molecule has 17 heavy (non-hydrogen) atoms. The van der Waals surface area contributed by atoms with Gasteiger partial charge in [-0.1, -0.05) is 0 Å². The van der Waals surface area contributed by atoms with Gasteiger partial charge in [0.15, 0.2) is 6.29 Å². The monoisotopic (exact) mass is 252 g/mol. The highest BCUT2D eigenvalue weighted by molar-refractivity contribution is 5.56. The summed E-state index contributed by atoms with van der Waals surface area (Å²) < 4.78 is 4.94. The first-order valence-corrected chi connectivity index (χ1v) is 5.40. The first kappa shape index (κ1) is 16.4. The van der Waals surface area contributed by atoms with Gasteiger partial charge in [0.05, 0.1) is 6.61 Å². The Morgan fingerprint density at radius 1 is 1.06 bits per heavy atom. The second-order valence-corrected chi connectivity index (χ2v) is 3.68. The average Bonchev–Trinajstić information content (AvgIpc) is 2.93. The van der Waals surface area contributed by atoms with Gasteiger partial charge < -0.3 is 35.1 Å². The zero-order valence-corrected chi connectivity index (χ0v) is 9.47. The van der Waals surface area contributed by atoms with Crippen LogP contribution in [-0.2, 0) is 9.53 Å². The van der Waals surface area contributed by atoms with Crippen LogP contribution in [0.5, 0.6) is 0 Å². The molecule has 0 radical (unpaired) electrons. The van der Waals surface area contributed by atoms with E-state index in [0.29, 0.717) is 0 Å². The van der Waals surface area contributed by atoms with E-state index >= 15 is 0 Å². The molecular weight excluding hydrogens is 232 g/mol. The highest BCUT2D eigenvalue weighted by atomic mass is 16.5. The van der Waals surface area contributed by atoms with E-state index in [2.05, 4.69) is 0 Å². The number of carbonyl (C=O) groups is 1. The molecule has 1 fully saturated rings. The number of aliphatic hydroxyl groups excluding tert-OH is 5. The topological polar surface area (TPSA) is 127 Å². The first-order chi connectivity index (χ1) is 8.04. The Bertz CT molecular complexity index is 187. The van der Waals surface area contributed by atoms with Gasteiger partial charge in [-0.3, -0.25) is 0 Å². The molecule has 0 aliphatic carbocycles. The van der Waals surface area contributed by atoms with E-state index in [9.17, 15) is 4.79 Å². The minimum Gasteiger partial charge on any atom is -0.394 e. The number of rotatable bonds is 5. The quantitative estimate of drug-likeness (QED) is 0.340. The lowest BCUT2D eigenvalue weighted by Crippen LogP contribution is -2.46. The van der Waals surface area contributed by atoms with Gasteiger partial charge in [-0.15, -0.1) is 0 Å². The molecule has 7 nitrogen and oxygen atoms in total. The first-order valence-electron chi connectivity index (χ1n) is 5.40. The smallest absolute Gasteiger partial charge is 0.151 e. The molecule has 0 aromatic carbocycles. The van der Waals surface area contributed by atoms with Crippen molar-refractivity contribution in [3.8, 4) is 0 Å². The summed E-state index contributed by atoms with van der Waals surface area (Å²) >= 11 is 0. The maximum absolute atomic E-state index is 9.90. The third kappa shape index (κ3) is 6.67. The van der Waals surface area contributed by atoms with E-state index in [1.54, 1.807) is 0 Å². The third-order valence-electron chi connectivity index (χ3n) is 2.25. The molecule has 102 valence electrons. The van der Waals surface area contributed by atoms with E-state index in [4.69, 9.17) is 30.3 Å². The van der Waals surface area contributed by atoms with Gasteiger partial charge >= 0.3 is 0 Å². The van der Waals surface area contributed by atoms with Crippen molar-refractivity contribution in [2.75, 3.05) is 19.8 Å². The molecule has 5 N–H and O–H groups in total. The van der Waals surface area contributed by atoms with Gasteiger partial charge in [0, 0.05) is 13.2 Å². The van der Waals surface area contributed by atoms with Crippen molar-refractivity contribution in [2.45, 2.75) is 37.3 Å². The highest BCUT2D eigenvalue weighted by Crippen LogP contribution is 2.02. The summed E-state index contributed by atoms with van der Waals surface area (Å²) in [4.78, 5) is 9.90. The van der Waals surface area contributed by atoms with Crippen LogP contribution < -0.4 is 0 Å². The van der Waals surface area contributed by atoms with Crippen molar-refractivity contribution in [1.29, 1.82) is 0 Å². The van der Waals surface area contributed by atoms with Crippen LogP contribution in [0.4, 0.5) is 0 Å². The Hall–Kier alpha value is -0.570. The van der Waals surface area contributed by atoms with Crippen LogP contribution >= 0.6 is 0 Å². The van der Waals surface area contributed by atoms with Gasteiger partial charge in [-0.2, -0.15) is 0 Å². The molecule has 7 heteroatoms. The van der Waals surface area contributed by atoms with E-state index in [0.717, 1.165) is 13.2 Å². The largest absolute Gasteiger partial charge is 0.394 e. The molecule has 0 saturated carbocycles. The van der Waals surface area contributed by atoms with Crippen molar-refractivity contribution in [3.63, 3.8) is 0 Å². The second kappa shape index (κ2) is 9.46. The number of hydrogen-bond acceptors (Lipinski definition) is 7. The Morgan fingerprint density at radius 3 is 1.88 bits per heavy atom. The average molecular weight is 252 g/mol. The lowest BCUT2D eigenvalue weighted by molar-refractivity contribution is -0.136. The Kier molecular flexibility index (Phi) is 9.14. The fraction of sp³-hybridized carbons (Fsp3) is 0.900. The lowest BCUT2D eigenvalue weighted by atomic mass is 10.0. The van der Waals surface area contributed by atoms with Crippen LogP contribution in [0.2, 0.25) is 0 Å². The standard InChI is InChI=1S/C6H12O6.C4H8O/c7-1-3(9)5(11)6(12)4(10)2-8;1-2-4-5-3-1/h1,3-6,8-12H,2H2;1-4H2. The van der Waals surface area contributed by atoms with Gasteiger partial charge in [0.1, 0.15) is 24.4 Å². The van der Waals surface area contributed by atoms with Crippen LogP contribution in [0, 0.1) is 0 Å². The van der Waals surface area contributed by atoms with Gasteiger partial charge in [0.25, 0.3) is 0 Å². The van der Waals surface area contributed by atoms with Crippen molar-refractivity contribution in [2.24, 2.45) is 0 Å². The number of aldehydes is 1. The van der Waals surface area contributed by atoms with Crippen LogP contribution in [0.1, 0.15) is 12.8 Å². The molecule has 4 unspecified atom stereocenters. The molecule has 0 aromatic rings. The molecule has 0 spiro atoms. The van der Waals surface area contributed by atoms with E-state index in [-0.39, 0.29) is 6.29 Å². The fourth-order valence-electron chi connectivity index (χ4n) is 1.13. The van der Waals surface area contributed by atoms with Crippen molar-refractivity contribution >= 4 is 6.29 Å². The molecule has 4 atom stereocenters. The zero-order valence-electron chi connectivity index (χ0n) is 9.47. The molecule has 1 saturated heterocycles. The summed E-state index contributed by atoms with van der Waals surface area (Å²) in [7, 11) is 0. The maximum atomic E-state index is 9.90. The van der Waals surface area contributed by atoms with Crippen molar-refractivity contribution in [3.05, 3.63) is 0 Å². The summed E-state index contributed by atoms with van der Waals surface area (Å²) in [6.07, 6.45) is -4.28. The van der Waals surface area contributed by atoms with Gasteiger partial charge in [0.2, 0.25) is 0 Å². The van der Waals surface area contributed by atoms with Crippen molar-refractivity contribution < 1.29 is 35.1 Å². The van der Waals surface area contributed by atoms with Crippen LogP contribution in [0.25, 0.3) is 0 Å². The van der Waals surface area contributed by atoms with E-state index < -0.39 is 31.0 Å². The number of aliphatic hydroxyl groups is 5. The highest BCUT2D eigenvalue weighted by Gasteiger charge is 2.29. The normalized spacial score (nSPS) is 21.9. The summed E-state index contributed by atoms with van der Waals surface area (Å²) in [5.74, 6) is 0. The van der Waals surface area contributed by atoms with Gasteiger partial charge in [-0.25, -0.2) is 0 Å². The molecule has 1 heterocycles. The van der Waals surface area contributed by atoms with Crippen LogP contribution in [-0.4, -0.2) is 76.1 Å². The summed E-state index contributed by atoms with van der Waals surface area (Å²) in [6, 6.07) is 0. The van der Waals surface area contributed by atoms with Gasteiger partial charge in [-0.05, 0) is 12.8 Å². The molecule has 0 bridgehead atoms. The zero-order chi connectivity index (χ0) is 13.3. The Balaban J connectivity index is 0.000000419. The molecule has 0 aromatic heterocycles. The summed E-state index contributed by atoms with van der Waals surface area (Å²) in [5, 5.41) is 43.5. The summed E-state index contributed by atoms with van der Waals surface area (Å²) in [6.45, 7) is 1.24. The fourth-order valence-corrected chi connectivity index (χ4v) is 1.13. The SMILES string of the molecule is C1CCOC1.O=CC(O)C(O)C(O)C(O)CO. The molecule has 1 aliphatic rings. The van der Waals surface area contributed by atoms with Crippen molar-refractivity contribution in [1.82, 2.24) is 0 Å². The predicted octanol–water partition coefficient (Wildman–Crippen LogP) is -2.58. The second-order valence-electron chi connectivity index (χ2n) is 3.68. The molecular formula is C10H20O7. The number of ether oxygens (including phenoxy) is 1. The Morgan fingerprint density at radius 2 is 1.59 bits per heavy atom. The third-order valence-corrected chi connectivity index (χ3v) is 2.25. The van der Waals surface area contributed by atoms with E-state index in [1.807, 2.05) is 0 Å². The number of hydrogen-bond donors (Lipinski definition) is 5. The summed E-state index contributed by atoms with van der Waals surface area (Å²) in [5.41, 5.74) is 0. The van der Waals surface area contributed by atoms with Crippen LogP contribution in [0.3, 0.4) is 0 Å². The molecule has 1 rings (SSSR count). The molecule has 1 aliphatic heterocycles. The van der Waals surface area contributed by atoms with E-state index in [1.165, 1.54) is 12.8 Å². The predicted molar refractivity (Wildman–Crippen MR) is 57.2 cm³/mol.